The number of morpholine rings is 1. The minimum absolute atomic E-state index is 0.0116. The average Bonchev–Trinajstić information content (AvgIpc) is 3.18. The van der Waals surface area contributed by atoms with Gasteiger partial charge >= 0.3 is 0 Å². The van der Waals surface area contributed by atoms with E-state index in [4.69, 9.17) is 15.2 Å². The fourth-order valence-corrected chi connectivity index (χ4v) is 3.80. The third-order valence-electron chi connectivity index (χ3n) is 4.72. The number of benzene rings is 1. The molecule has 4 rings (SSSR count). The number of pyridine rings is 1. The van der Waals surface area contributed by atoms with Gasteiger partial charge in [0.05, 0.1) is 32.4 Å². The van der Waals surface area contributed by atoms with Crippen LogP contribution in [0.2, 0.25) is 0 Å². The lowest BCUT2D eigenvalue weighted by atomic mass is 10.1. The van der Waals surface area contributed by atoms with Crippen LogP contribution in [-0.2, 0) is 16.0 Å². The number of amides is 1. The summed E-state index contributed by atoms with van der Waals surface area (Å²) in [5.74, 6) is 0.788. The van der Waals surface area contributed by atoms with Gasteiger partial charge in [-0.2, -0.15) is 0 Å². The number of hydrogen-bond donors (Lipinski definition) is 1. The maximum Gasteiger partial charge on any atom is 0.229 e. The second kappa shape index (κ2) is 8.54. The zero-order valence-electron chi connectivity index (χ0n) is 15.9. The summed E-state index contributed by atoms with van der Waals surface area (Å²) in [6, 6.07) is 11.8. The lowest BCUT2D eigenvalue weighted by Crippen LogP contribution is -2.43. The molecular weight excluding hydrogens is 390 g/mol. The summed E-state index contributed by atoms with van der Waals surface area (Å²) in [6.45, 7) is 1.47. The van der Waals surface area contributed by atoms with Crippen LogP contribution >= 0.6 is 11.3 Å². The Balaban J connectivity index is 1.43. The summed E-state index contributed by atoms with van der Waals surface area (Å²) in [5.41, 5.74) is 8.41. The van der Waals surface area contributed by atoms with Crippen molar-refractivity contribution in [1.82, 2.24) is 20.1 Å². The molecule has 1 amide bonds. The van der Waals surface area contributed by atoms with E-state index in [9.17, 15) is 4.79 Å². The topological polar surface area (TPSA) is 103 Å². The van der Waals surface area contributed by atoms with Gasteiger partial charge in [0.2, 0.25) is 11.0 Å². The van der Waals surface area contributed by atoms with Crippen LogP contribution in [-0.4, -0.2) is 52.8 Å². The molecule has 150 valence electrons. The van der Waals surface area contributed by atoms with E-state index in [-0.39, 0.29) is 18.4 Å². The molecule has 9 heteroatoms. The van der Waals surface area contributed by atoms with Crippen molar-refractivity contribution in [2.75, 3.05) is 32.5 Å². The van der Waals surface area contributed by atoms with E-state index in [0.29, 0.717) is 29.8 Å². The van der Waals surface area contributed by atoms with Gasteiger partial charge in [0.1, 0.15) is 16.9 Å². The molecule has 3 aromatic rings. The molecular formula is C20H21N5O3S. The highest BCUT2D eigenvalue weighted by Gasteiger charge is 2.27. The van der Waals surface area contributed by atoms with Crippen LogP contribution in [0.25, 0.3) is 11.1 Å². The molecule has 8 nitrogen and oxygen atoms in total. The zero-order chi connectivity index (χ0) is 20.2. The molecule has 0 spiro atoms. The molecule has 0 bridgehead atoms. The van der Waals surface area contributed by atoms with Gasteiger partial charge in [-0.1, -0.05) is 29.5 Å². The Morgan fingerprint density at radius 3 is 2.93 bits per heavy atom. The first-order valence-electron chi connectivity index (χ1n) is 9.20. The number of anilines is 1. The Kier molecular flexibility index (Phi) is 5.68. The number of carbonyl (C=O) groups excluding carboxylic acids is 1. The fraction of sp³-hybridized carbons (Fsp3) is 0.300. The number of hydrogen-bond acceptors (Lipinski definition) is 8. The SMILES string of the molecule is COc1cccc(-c2ccc([C@@H]3CN(C(=O)Cc4nnc(N)s4)CCO3)nc2)c1. The Morgan fingerprint density at radius 1 is 1.31 bits per heavy atom. The van der Waals surface area contributed by atoms with E-state index in [1.807, 2.05) is 42.6 Å². The minimum Gasteiger partial charge on any atom is -0.497 e. The standard InChI is InChI=1S/C20H21N5O3S/c1-27-15-4-2-3-13(9-15)14-5-6-16(22-11-14)17-12-25(7-8-28-17)19(26)10-18-23-24-20(21)29-18/h2-6,9,11,17H,7-8,10,12H2,1H3,(H2,21,24)/t17-/m0/s1. The maximum atomic E-state index is 12.6. The number of nitrogens with zero attached hydrogens (tertiary/aromatic N) is 4. The van der Waals surface area contributed by atoms with Gasteiger partial charge in [0.25, 0.3) is 0 Å². The van der Waals surface area contributed by atoms with Gasteiger partial charge < -0.3 is 20.1 Å². The summed E-state index contributed by atoms with van der Waals surface area (Å²) in [4.78, 5) is 18.9. The van der Waals surface area contributed by atoms with Gasteiger partial charge in [0, 0.05) is 18.3 Å². The van der Waals surface area contributed by atoms with Crippen LogP contribution in [0, 0.1) is 0 Å². The van der Waals surface area contributed by atoms with Crippen molar-refractivity contribution in [2.24, 2.45) is 0 Å². The van der Waals surface area contributed by atoms with Gasteiger partial charge in [-0.15, -0.1) is 10.2 Å². The van der Waals surface area contributed by atoms with E-state index in [2.05, 4.69) is 15.2 Å². The summed E-state index contributed by atoms with van der Waals surface area (Å²) in [7, 11) is 1.65. The molecule has 3 heterocycles. The second-order valence-corrected chi connectivity index (χ2v) is 7.71. The molecule has 1 fully saturated rings. The predicted octanol–water partition coefficient (Wildman–Crippen LogP) is 2.33. The van der Waals surface area contributed by atoms with Crippen molar-refractivity contribution in [3.05, 3.63) is 53.3 Å². The third-order valence-corrected chi connectivity index (χ3v) is 5.48. The molecule has 2 N–H and O–H groups in total. The van der Waals surface area contributed by atoms with E-state index < -0.39 is 0 Å². The van der Waals surface area contributed by atoms with E-state index in [0.717, 1.165) is 22.6 Å². The highest BCUT2D eigenvalue weighted by Crippen LogP contribution is 2.26. The number of rotatable bonds is 5. The van der Waals surface area contributed by atoms with Crippen molar-refractivity contribution in [3.8, 4) is 16.9 Å². The molecule has 1 atom stereocenters. The first kappa shape index (κ1) is 19.3. The monoisotopic (exact) mass is 411 g/mol. The predicted molar refractivity (Wildman–Crippen MR) is 110 cm³/mol. The number of aromatic nitrogens is 3. The van der Waals surface area contributed by atoms with Gasteiger partial charge in [-0.3, -0.25) is 9.78 Å². The van der Waals surface area contributed by atoms with Gasteiger partial charge in [-0.05, 0) is 23.8 Å². The van der Waals surface area contributed by atoms with Gasteiger partial charge in [-0.25, -0.2) is 0 Å². The van der Waals surface area contributed by atoms with Crippen molar-refractivity contribution >= 4 is 22.4 Å². The molecule has 0 radical (unpaired) electrons. The molecule has 0 unspecified atom stereocenters. The van der Waals surface area contributed by atoms with Crippen LogP contribution in [0.15, 0.2) is 42.6 Å². The summed E-state index contributed by atoms with van der Waals surface area (Å²) in [5, 5.41) is 8.67. The summed E-state index contributed by atoms with van der Waals surface area (Å²) < 4.78 is 11.1. The van der Waals surface area contributed by atoms with Crippen molar-refractivity contribution in [1.29, 1.82) is 0 Å². The Bertz CT molecular complexity index is 992. The van der Waals surface area contributed by atoms with Crippen molar-refractivity contribution in [3.63, 3.8) is 0 Å². The molecule has 1 saturated heterocycles. The molecule has 0 aliphatic carbocycles. The first-order chi connectivity index (χ1) is 14.1. The molecule has 0 saturated carbocycles. The highest BCUT2D eigenvalue weighted by molar-refractivity contribution is 7.15. The fourth-order valence-electron chi connectivity index (χ4n) is 3.20. The summed E-state index contributed by atoms with van der Waals surface area (Å²) in [6.07, 6.45) is 1.76. The second-order valence-electron chi connectivity index (χ2n) is 6.61. The smallest absolute Gasteiger partial charge is 0.229 e. The molecule has 1 aliphatic rings. The Labute approximate surface area is 172 Å². The Morgan fingerprint density at radius 2 is 2.21 bits per heavy atom. The number of nitrogens with two attached hydrogens (primary N) is 1. The van der Waals surface area contributed by atoms with E-state index in [1.54, 1.807) is 12.0 Å². The highest BCUT2D eigenvalue weighted by atomic mass is 32.1. The number of carbonyl (C=O) groups is 1. The zero-order valence-corrected chi connectivity index (χ0v) is 16.8. The molecule has 1 aliphatic heterocycles. The van der Waals surface area contributed by atoms with Crippen LogP contribution in [0.4, 0.5) is 5.13 Å². The maximum absolute atomic E-state index is 12.6. The lowest BCUT2D eigenvalue weighted by molar-refractivity contribution is -0.138. The lowest BCUT2D eigenvalue weighted by Gasteiger charge is -2.32. The summed E-state index contributed by atoms with van der Waals surface area (Å²) >= 11 is 1.23. The molecule has 1 aromatic carbocycles. The van der Waals surface area contributed by atoms with Crippen molar-refractivity contribution in [2.45, 2.75) is 12.5 Å². The van der Waals surface area contributed by atoms with E-state index >= 15 is 0 Å². The van der Waals surface area contributed by atoms with Crippen LogP contribution < -0.4 is 10.5 Å². The average molecular weight is 411 g/mol. The Hall–Kier alpha value is -3.04. The van der Waals surface area contributed by atoms with Crippen molar-refractivity contribution < 1.29 is 14.3 Å². The molecule has 2 aromatic heterocycles. The van der Waals surface area contributed by atoms with Crippen LogP contribution in [0.1, 0.15) is 16.8 Å². The van der Waals surface area contributed by atoms with Crippen LogP contribution in [0.5, 0.6) is 5.75 Å². The molecule has 29 heavy (non-hydrogen) atoms. The number of nitrogen functional groups attached to an aromatic ring is 1. The quantitative estimate of drug-likeness (QED) is 0.687. The number of ether oxygens (including phenoxy) is 2. The van der Waals surface area contributed by atoms with Crippen LogP contribution in [0.3, 0.4) is 0 Å². The van der Waals surface area contributed by atoms with E-state index in [1.165, 1.54) is 11.3 Å². The minimum atomic E-state index is -0.258. The first-order valence-corrected chi connectivity index (χ1v) is 10.0. The van der Waals surface area contributed by atoms with Gasteiger partial charge in [0.15, 0.2) is 0 Å². The largest absolute Gasteiger partial charge is 0.497 e. The third kappa shape index (κ3) is 4.52. The number of methoxy groups -OCH3 is 1. The normalized spacial score (nSPS) is 16.6.